The van der Waals surface area contributed by atoms with E-state index >= 15 is 0 Å². The molecule has 290 valence electrons. The van der Waals surface area contributed by atoms with Crippen LogP contribution in [0.15, 0.2) is 67.8 Å². The van der Waals surface area contributed by atoms with Gasteiger partial charge < -0.3 is 40.2 Å². The fraction of sp³-hybridized carbons (Fsp3) is 0.400. The lowest BCUT2D eigenvalue weighted by molar-refractivity contribution is -0.140. The zero-order chi connectivity index (χ0) is 39.7. The number of amides is 4. The first-order chi connectivity index (χ1) is 24.9. The Kier molecular flexibility index (Phi) is 16.7. The monoisotopic (exact) mass is 768 g/mol. The number of alkyl carbamates (subject to hydrolysis) is 2. The predicted octanol–water partition coefficient (Wildman–Crippen LogP) is -1.67. The van der Waals surface area contributed by atoms with Crippen molar-refractivity contribution < 1.29 is 51.3 Å². The SMILES string of the molecule is C=C(C)C(=O)OCCOC(=O)NCCn1c(=O)n(CCNC(=O)Nc2ccc(S(N)(=O)=O)cc2)c(=O)n(CCNC(=O)OCCOC(=O)C(=C)C)c1=O. The number of ether oxygens (including phenoxy) is 4. The summed E-state index contributed by atoms with van der Waals surface area (Å²) in [6, 6.07) is 4.11. The summed E-state index contributed by atoms with van der Waals surface area (Å²) < 4.78 is 44.1. The predicted molar refractivity (Wildman–Crippen MR) is 184 cm³/mol. The zero-order valence-electron chi connectivity index (χ0n) is 28.8. The van der Waals surface area contributed by atoms with Crippen LogP contribution in [0.1, 0.15) is 13.8 Å². The number of aromatic nitrogens is 3. The smallest absolute Gasteiger partial charge is 0.407 e. The van der Waals surface area contributed by atoms with Crippen LogP contribution in [0.4, 0.5) is 20.1 Å². The third-order valence-electron chi connectivity index (χ3n) is 6.45. The molecular formula is C30H40N8O14S. The quantitative estimate of drug-likeness (QED) is 0.0462. The lowest BCUT2D eigenvalue weighted by Gasteiger charge is -2.15. The number of carbonyl (C=O) groups excluding carboxylic acids is 5. The molecular weight excluding hydrogens is 728 g/mol. The van der Waals surface area contributed by atoms with Gasteiger partial charge in [0.15, 0.2) is 0 Å². The fourth-order valence-electron chi connectivity index (χ4n) is 3.87. The number of urea groups is 1. The van der Waals surface area contributed by atoms with Crippen molar-refractivity contribution in [3.05, 3.63) is 80.0 Å². The first-order valence-electron chi connectivity index (χ1n) is 15.5. The van der Waals surface area contributed by atoms with E-state index in [9.17, 15) is 46.8 Å². The molecule has 0 aliphatic rings. The summed E-state index contributed by atoms with van der Waals surface area (Å²) in [5, 5.41) is 14.5. The van der Waals surface area contributed by atoms with E-state index in [1.54, 1.807) is 0 Å². The van der Waals surface area contributed by atoms with Gasteiger partial charge in [-0.1, -0.05) is 13.2 Å². The Balaban J connectivity index is 2.12. The van der Waals surface area contributed by atoms with E-state index in [1.807, 2.05) is 0 Å². The van der Waals surface area contributed by atoms with Crippen molar-refractivity contribution in [3.63, 3.8) is 0 Å². The Labute approximate surface area is 301 Å². The van der Waals surface area contributed by atoms with Gasteiger partial charge in [0.25, 0.3) is 0 Å². The largest absolute Gasteiger partial charge is 0.459 e. The minimum atomic E-state index is -3.96. The van der Waals surface area contributed by atoms with Crippen molar-refractivity contribution in [2.75, 3.05) is 51.4 Å². The number of hydrogen-bond donors (Lipinski definition) is 5. The molecule has 22 nitrogen and oxygen atoms in total. The molecule has 23 heteroatoms. The van der Waals surface area contributed by atoms with Crippen molar-refractivity contribution in [1.82, 2.24) is 29.7 Å². The van der Waals surface area contributed by atoms with E-state index in [1.165, 1.54) is 38.1 Å². The third kappa shape index (κ3) is 14.5. The molecule has 6 N–H and O–H groups in total. The summed E-state index contributed by atoms with van der Waals surface area (Å²) in [6.07, 6.45) is -1.94. The molecule has 0 fully saturated rings. The number of rotatable bonds is 19. The van der Waals surface area contributed by atoms with Crippen LogP contribution in [0, 0.1) is 0 Å². The van der Waals surface area contributed by atoms with E-state index in [2.05, 4.69) is 34.4 Å². The highest BCUT2D eigenvalue weighted by Gasteiger charge is 2.17. The molecule has 2 aromatic rings. The number of sulfonamides is 1. The molecule has 53 heavy (non-hydrogen) atoms. The molecule has 0 aliphatic carbocycles. The Hall–Kier alpha value is -6.23. The Morgan fingerprint density at radius 1 is 0.642 bits per heavy atom. The Bertz CT molecular complexity index is 1890. The number of nitrogens with one attached hydrogen (secondary N) is 4. The number of carbonyl (C=O) groups is 5. The lowest BCUT2D eigenvalue weighted by Crippen LogP contribution is -2.56. The first-order valence-corrected chi connectivity index (χ1v) is 17.1. The van der Waals surface area contributed by atoms with Gasteiger partial charge in [0.05, 0.1) is 4.90 Å². The van der Waals surface area contributed by atoms with E-state index < -0.39 is 76.9 Å². The second-order valence-corrected chi connectivity index (χ2v) is 12.3. The number of benzene rings is 1. The molecule has 1 aromatic heterocycles. The van der Waals surface area contributed by atoms with Gasteiger partial charge >= 0.3 is 47.2 Å². The Morgan fingerprint density at radius 2 is 1.00 bits per heavy atom. The highest BCUT2D eigenvalue weighted by molar-refractivity contribution is 7.89. The van der Waals surface area contributed by atoms with Crippen LogP contribution in [-0.4, -0.2) is 98.3 Å². The molecule has 0 saturated carbocycles. The van der Waals surface area contributed by atoms with Crippen molar-refractivity contribution in [2.45, 2.75) is 38.4 Å². The van der Waals surface area contributed by atoms with Crippen LogP contribution in [0.2, 0.25) is 0 Å². The van der Waals surface area contributed by atoms with E-state index in [4.69, 9.17) is 24.1 Å². The van der Waals surface area contributed by atoms with Crippen molar-refractivity contribution in [1.29, 1.82) is 0 Å². The third-order valence-corrected chi connectivity index (χ3v) is 7.38. The number of primary sulfonamides is 1. The molecule has 0 saturated heterocycles. The molecule has 1 heterocycles. The van der Waals surface area contributed by atoms with E-state index in [0.717, 1.165) is 0 Å². The molecule has 0 radical (unpaired) electrons. The van der Waals surface area contributed by atoms with Gasteiger partial charge in [0.2, 0.25) is 10.0 Å². The average Bonchev–Trinajstić information content (AvgIpc) is 3.09. The molecule has 4 amide bonds. The van der Waals surface area contributed by atoms with Crippen molar-refractivity contribution >= 4 is 45.9 Å². The maximum Gasteiger partial charge on any atom is 0.407 e. The summed E-state index contributed by atoms with van der Waals surface area (Å²) >= 11 is 0. The number of anilines is 1. The maximum absolute atomic E-state index is 13.3. The van der Waals surface area contributed by atoms with Crippen molar-refractivity contribution in [2.24, 2.45) is 5.14 Å². The summed E-state index contributed by atoms with van der Waals surface area (Å²) in [6.45, 7) is 6.28. The van der Waals surface area contributed by atoms with Crippen LogP contribution in [-0.2, 0) is 58.2 Å². The summed E-state index contributed by atoms with van der Waals surface area (Å²) in [5.74, 6) is -1.36. The molecule has 0 unspecified atom stereocenters. The maximum atomic E-state index is 13.3. The minimum Gasteiger partial charge on any atom is -0.459 e. The topological polar surface area (TPSA) is 297 Å². The van der Waals surface area contributed by atoms with Gasteiger partial charge in [0.1, 0.15) is 26.4 Å². The summed E-state index contributed by atoms with van der Waals surface area (Å²) in [7, 11) is -3.96. The average molecular weight is 769 g/mol. The standard InChI is InChI=1S/C30H40N8O14S/c1-19(2)23(39)49-15-17-51-26(42)33-10-13-37-28(44)36(12-9-32-25(41)35-21-5-7-22(8-6-21)53(31,47)48)29(45)38(30(37)46)14-11-34-27(43)52-18-16-50-24(40)20(3)4/h5-8H,1,3,9-18H2,2,4H3,(H,33,42)(H,34,43)(H2,31,47,48)(H2,32,35,41). The number of esters is 2. The lowest BCUT2D eigenvalue weighted by atomic mass is 10.3. The van der Waals surface area contributed by atoms with Crippen LogP contribution >= 0.6 is 0 Å². The zero-order valence-corrected chi connectivity index (χ0v) is 29.7. The fourth-order valence-corrected chi connectivity index (χ4v) is 4.38. The first kappa shape index (κ1) is 42.9. The van der Waals surface area contributed by atoms with Gasteiger partial charge in [-0.2, -0.15) is 0 Å². The molecule has 1 aromatic carbocycles. The van der Waals surface area contributed by atoms with Gasteiger partial charge in [-0.05, 0) is 38.1 Å². The van der Waals surface area contributed by atoms with Crippen LogP contribution in [0.5, 0.6) is 0 Å². The Morgan fingerprint density at radius 3 is 1.36 bits per heavy atom. The van der Waals surface area contributed by atoms with Gasteiger partial charge in [0, 0.05) is 56.1 Å². The van der Waals surface area contributed by atoms with Gasteiger partial charge in [-0.15, -0.1) is 0 Å². The molecule has 0 bridgehead atoms. The van der Waals surface area contributed by atoms with Gasteiger partial charge in [-0.25, -0.2) is 65.6 Å². The molecule has 0 atom stereocenters. The molecule has 2 rings (SSSR count). The van der Waals surface area contributed by atoms with Crippen LogP contribution in [0.3, 0.4) is 0 Å². The minimum absolute atomic E-state index is 0.149. The van der Waals surface area contributed by atoms with Gasteiger partial charge in [-0.3, -0.25) is 0 Å². The van der Waals surface area contributed by atoms with Crippen LogP contribution in [0.25, 0.3) is 0 Å². The summed E-state index contributed by atoms with van der Waals surface area (Å²) in [5.41, 5.74) is -2.77. The van der Waals surface area contributed by atoms with Crippen molar-refractivity contribution in [3.8, 4) is 0 Å². The number of nitrogens with zero attached hydrogens (tertiary/aromatic N) is 3. The van der Waals surface area contributed by atoms with Crippen LogP contribution < -0.4 is 43.5 Å². The molecule has 0 spiro atoms. The second-order valence-electron chi connectivity index (χ2n) is 10.7. The molecule has 0 aliphatic heterocycles. The number of hydrogen-bond acceptors (Lipinski definition) is 14. The second kappa shape index (κ2) is 20.6. The van der Waals surface area contributed by atoms with E-state index in [-0.39, 0.29) is 67.8 Å². The summed E-state index contributed by atoms with van der Waals surface area (Å²) in [4.78, 5) is 98.9. The highest BCUT2D eigenvalue weighted by Crippen LogP contribution is 2.12. The number of nitrogens with two attached hydrogens (primary N) is 1. The van der Waals surface area contributed by atoms with E-state index in [0.29, 0.717) is 13.7 Å². The normalized spacial score (nSPS) is 10.7. The highest BCUT2D eigenvalue weighted by atomic mass is 32.2.